The second-order valence-corrected chi connectivity index (χ2v) is 8.17. The molecule has 0 fully saturated rings. The molecule has 0 atom stereocenters. The van der Waals surface area contributed by atoms with Crippen LogP contribution in [0.25, 0.3) is 10.7 Å². The highest BCUT2D eigenvalue weighted by Gasteiger charge is 2.16. The molecule has 1 aromatic carbocycles. The Morgan fingerprint density at radius 3 is 2.52 bits per heavy atom. The van der Waals surface area contributed by atoms with Crippen LogP contribution in [0.5, 0.6) is 0 Å². The molecule has 0 aliphatic heterocycles. The Kier molecular flexibility index (Phi) is 6.44. The second kappa shape index (κ2) is 9.01. The van der Waals surface area contributed by atoms with Crippen molar-refractivity contribution >= 4 is 28.8 Å². The molecule has 0 radical (unpaired) electrons. The van der Waals surface area contributed by atoms with Crippen LogP contribution in [0.3, 0.4) is 0 Å². The molecule has 5 nitrogen and oxygen atoms in total. The number of nitrogens with zero attached hydrogens (tertiary/aromatic N) is 2. The molecule has 3 rings (SSSR count). The zero-order chi connectivity index (χ0) is 21.0. The summed E-state index contributed by atoms with van der Waals surface area (Å²) in [5, 5.41) is 12.3. The van der Waals surface area contributed by atoms with Gasteiger partial charge in [-0.25, -0.2) is 9.97 Å². The summed E-state index contributed by atoms with van der Waals surface area (Å²) in [6, 6.07) is 9.52. The first-order valence-corrected chi connectivity index (χ1v) is 10.4. The van der Waals surface area contributed by atoms with Crippen molar-refractivity contribution in [1.29, 1.82) is 0 Å². The summed E-state index contributed by atoms with van der Waals surface area (Å²) in [5.74, 6) is 0.649. The van der Waals surface area contributed by atoms with Crippen LogP contribution in [0.4, 0.5) is 11.5 Å². The molecule has 0 spiro atoms. The number of thiophene rings is 1. The standard InChI is InChI=1S/C23H25N3O2S/c1-5-7-18-19(6-2)25-23(20-12-14(3)15(4)29-20)26-22(18)24-17-10-8-16(9-11-17)13-21(27)28/h5,8-12H,1,6-7,13H2,2-4H3,(H,27,28)(H,24,25,26). The summed E-state index contributed by atoms with van der Waals surface area (Å²) in [6.45, 7) is 10.2. The monoisotopic (exact) mass is 407 g/mol. The Bertz CT molecular complexity index is 1020. The van der Waals surface area contributed by atoms with Gasteiger partial charge >= 0.3 is 5.97 Å². The third kappa shape index (κ3) is 4.90. The molecule has 2 heterocycles. The van der Waals surface area contributed by atoms with E-state index >= 15 is 0 Å². The first-order valence-electron chi connectivity index (χ1n) is 9.57. The van der Waals surface area contributed by atoms with Crippen LogP contribution >= 0.6 is 11.3 Å². The van der Waals surface area contributed by atoms with E-state index in [1.54, 1.807) is 11.3 Å². The van der Waals surface area contributed by atoms with Crippen LogP contribution in [-0.2, 0) is 24.1 Å². The van der Waals surface area contributed by atoms with Crippen molar-refractivity contribution in [1.82, 2.24) is 9.97 Å². The fourth-order valence-electron chi connectivity index (χ4n) is 3.10. The van der Waals surface area contributed by atoms with Crippen molar-refractivity contribution < 1.29 is 9.90 Å². The van der Waals surface area contributed by atoms with Crippen molar-refractivity contribution in [2.24, 2.45) is 0 Å². The minimum Gasteiger partial charge on any atom is -0.481 e. The highest BCUT2D eigenvalue weighted by molar-refractivity contribution is 7.15. The van der Waals surface area contributed by atoms with E-state index in [-0.39, 0.29) is 6.42 Å². The molecule has 0 bridgehead atoms. The average molecular weight is 408 g/mol. The molecule has 6 heteroatoms. The van der Waals surface area contributed by atoms with Crippen molar-refractivity contribution in [3.63, 3.8) is 0 Å². The fourth-order valence-corrected chi connectivity index (χ4v) is 4.06. The maximum atomic E-state index is 10.9. The van der Waals surface area contributed by atoms with Gasteiger partial charge in [0.2, 0.25) is 0 Å². The average Bonchev–Trinajstić information content (AvgIpc) is 3.03. The predicted octanol–water partition coefficient (Wildman–Crippen LogP) is 5.48. The molecular formula is C23H25N3O2S. The summed E-state index contributed by atoms with van der Waals surface area (Å²) in [4.78, 5) is 22.9. The molecule has 0 aliphatic carbocycles. The van der Waals surface area contributed by atoms with E-state index in [1.165, 1.54) is 10.4 Å². The van der Waals surface area contributed by atoms with Crippen LogP contribution in [0, 0.1) is 13.8 Å². The molecule has 150 valence electrons. The molecule has 0 aliphatic rings. The summed E-state index contributed by atoms with van der Waals surface area (Å²) in [5.41, 5.74) is 4.89. The Morgan fingerprint density at radius 2 is 1.97 bits per heavy atom. The van der Waals surface area contributed by atoms with Crippen LogP contribution in [0.1, 0.15) is 34.2 Å². The van der Waals surface area contributed by atoms with Crippen LogP contribution in [0.15, 0.2) is 43.0 Å². The van der Waals surface area contributed by atoms with Crippen molar-refractivity contribution in [2.75, 3.05) is 5.32 Å². The lowest BCUT2D eigenvalue weighted by atomic mass is 10.1. The normalized spacial score (nSPS) is 10.7. The van der Waals surface area contributed by atoms with Crippen molar-refractivity contribution in [2.45, 2.75) is 40.0 Å². The smallest absolute Gasteiger partial charge is 0.307 e. The molecule has 2 N–H and O–H groups in total. The number of aromatic nitrogens is 2. The summed E-state index contributed by atoms with van der Waals surface area (Å²) in [7, 11) is 0. The lowest BCUT2D eigenvalue weighted by molar-refractivity contribution is -0.136. The number of allylic oxidation sites excluding steroid dienone is 1. The van der Waals surface area contributed by atoms with Crippen molar-refractivity contribution in [3.8, 4) is 10.7 Å². The van der Waals surface area contributed by atoms with Gasteiger partial charge in [0, 0.05) is 21.8 Å². The van der Waals surface area contributed by atoms with Gasteiger partial charge in [-0.05, 0) is 56.0 Å². The highest BCUT2D eigenvalue weighted by Crippen LogP contribution is 2.32. The Balaban J connectivity index is 2.01. The lowest BCUT2D eigenvalue weighted by Gasteiger charge is -2.15. The van der Waals surface area contributed by atoms with Gasteiger partial charge in [0.05, 0.1) is 11.3 Å². The van der Waals surface area contributed by atoms with E-state index in [4.69, 9.17) is 15.1 Å². The van der Waals surface area contributed by atoms with E-state index in [0.717, 1.165) is 45.4 Å². The maximum Gasteiger partial charge on any atom is 0.307 e. The highest BCUT2D eigenvalue weighted by atomic mass is 32.1. The number of aryl methyl sites for hydroxylation is 3. The van der Waals surface area contributed by atoms with E-state index in [2.05, 4.69) is 38.7 Å². The van der Waals surface area contributed by atoms with Crippen LogP contribution in [-0.4, -0.2) is 21.0 Å². The van der Waals surface area contributed by atoms with Gasteiger partial charge in [0.1, 0.15) is 5.82 Å². The number of carboxylic acids is 1. The number of hydrogen-bond donors (Lipinski definition) is 2. The number of benzene rings is 1. The molecule has 29 heavy (non-hydrogen) atoms. The maximum absolute atomic E-state index is 10.9. The number of nitrogens with one attached hydrogen (secondary N) is 1. The molecule has 0 unspecified atom stereocenters. The van der Waals surface area contributed by atoms with Crippen molar-refractivity contribution in [3.05, 3.63) is 70.2 Å². The number of hydrogen-bond acceptors (Lipinski definition) is 5. The van der Waals surface area contributed by atoms with Crippen LogP contribution < -0.4 is 5.32 Å². The van der Waals surface area contributed by atoms with E-state index in [0.29, 0.717) is 6.42 Å². The Labute approximate surface area is 175 Å². The van der Waals surface area contributed by atoms with E-state index in [9.17, 15) is 4.79 Å². The number of aliphatic carboxylic acids is 1. The Morgan fingerprint density at radius 1 is 1.24 bits per heavy atom. The van der Waals surface area contributed by atoms with Gasteiger partial charge in [-0.2, -0.15) is 0 Å². The van der Waals surface area contributed by atoms with Crippen LogP contribution in [0.2, 0.25) is 0 Å². The topological polar surface area (TPSA) is 75.1 Å². The number of carboxylic acid groups (broad SMARTS) is 1. The molecule has 2 aromatic heterocycles. The fraction of sp³-hybridized carbons (Fsp3) is 0.261. The predicted molar refractivity (Wildman–Crippen MR) is 119 cm³/mol. The van der Waals surface area contributed by atoms with E-state index < -0.39 is 5.97 Å². The quantitative estimate of drug-likeness (QED) is 0.483. The third-order valence-corrected chi connectivity index (χ3v) is 5.88. The minimum atomic E-state index is -0.839. The molecular weight excluding hydrogens is 382 g/mol. The third-order valence-electron chi connectivity index (χ3n) is 4.73. The number of rotatable bonds is 8. The zero-order valence-corrected chi connectivity index (χ0v) is 17.8. The summed E-state index contributed by atoms with van der Waals surface area (Å²) >= 11 is 1.70. The second-order valence-electron chi connectivity index (χ2n) is 6.91. The Hall–Kier alpha value is -2.99. The number of anilines is 2. The van der Waals surface area contributed by atoms with Gasteiger partial charge in [0.25, 0.3) is 0 Å². The minimum absolute atomic E-state index is 0.0106. The molecule has 0 saturated carbocycles. The summed E-state index contributed by atoms with van der Waals surface area (Å²) in [6.07, 6.45) is 3.34. The zero-order valence-electron chi connectivity index (χ0n) is 17.0. The molecule has 0 amide bonds. The first-order chi connectivity index (χ1) is 13.9. The molecule has 0 saturated heterocycles. The van der Waals surface area contributed by atoms with E-state index in [1.807, 2.05) is 30.3 Å². The van der Waals surface area contributed by atoms with Gasteiger partial charge in [-0.3, -0.25) is 4.79 Å². The number of carbonyl (C=O) groups is 1. The van der Waals surface area contributed by atoms with Gasteiger partial charge in [-0.15, -0.1) is 17.9 Å². The van der Waals surface area contributed by atoms with Gasteiger partial charge in [0.15, 0.2) is 5.82 Å². The van der Waals surface area contributed by atoms with Gasteiger partial charge in [-0.1, -0.05) is 25.1 Å². The first kappa shape index (κ1) is 20.7. The SMILES string of the molecule is C=CCc1c(CC)nc(-c2cc(C)c(C)s2)nc1Nc1ccc(CC(=O)O)cc1. The lowest BCUT2D eigenvalue weighted by Crippen LogP contribution is -2.07. The molecule has 3 aromatic rings. The van der Waals surface area contributed by atoms with Gasteiger partial charge < -0.3 is 10.4 Å². The summed E-state index contributed by atoms with van der Waals surface area (Å²) < 4.78 is 0. The largest absolute Gasteiger partial charge is 0.481 e.